The zero-order valence-electron chi connectivity index (χ0n) is 14.7. The Kier molecular flexibility index (Phi) is 3.60. The molecule has 0 saturated carbocycles. The van der Waals surface area contributed by atoms with Gasteiger partial charge in [0.25, 0.3) is 0 Å². The lowest BCUT2D eigenvalue weighted by molar-refractivity contribution is 0.00578. The first kappa shape index (κ1) is 15.9. The molecule has 2 aromatic heterocycles. The fourth-order valence-corrected chi connectivity index (χ4v) is 3.17. The first-order chi connectivity index (χ1) is 11.4. The van der Waals surface area contributed by atoms with E-state index in [0.29, 0.717) is 6.61 Å². The van der Waals surface area contributed by atoms with Gasteiger partial charge in [0.2, 0.25) is 0 Å². The molecule has 1 atom stereocenters. The molecule has 24 heavy (non-hydrogen) atoms. The van der Waals surface area contributed by atoms with Crippen molar-refractivity contribution in [2.24, 2.45) is 0 Å². The van der Waals surface area contributed by atoms with Crippen LogP contribution in [-0.4, -0.2) is 34.5 Å². The van der Waals surface area contributed by atoms with Gasteiger partial charge in [0.1, 0.15) is 6.10 Å². The fraction of sp³-hybridized carbons (Fsp3) is 0.500. The standard InChI is InChI=1S/C18H23BN2O3/c1-17(2)18(3,4)24-19(23-17)13-8-10-22-16(11-13)14-12-20-21-9-6-5-7-15(14)21/h5-7,9,11-12,16H,8,10H2,1-4H3. The Morgan fingerprint density at radius 3 is 2.67 bits per heavy atom. The van der Waals surface area contributed by atoms with Gasteiger partial charge in [-0.2, -0.15) is 5.10 Å². The minimum atomic E-state index is -0.323. The van der Waals surface area contributed by atoms with E-state index >= 15 is 0 Å². The van der Waals surface area contributed by atoms with E-state index in [9.17, 15) is 0 Å². The minimum absolute atomic E-state index is 0.118. The lowest BCUT2D eigenvalue weighted by Gasteiger charge is -2.32. The molecule has 2 aromatic rings. The molecule has 0 radical (unpaired) electrons. The Hall–Kier alpha value is -1.63. The second-order valence-electron chi connectivity index (χ2n) is 7.50. The highest BCUT2D eigenvalue weighted by Crippen LogP contribution is 2.40. The van der Waals surface area contributed by atoms with Crippen LogP contribution in [0.15, 0.2) is 42.1 Å². The molecule has 126 valence electrons. The van der Waals surface area contributed by atoms with Crippen LogP contribution in [-0.2, 0) is 14.0 Å². The van der Waals surface area contributed by atoms with Gasteiger partial charge in [0.15, 0.2) is 0 Å². The van der Waals surface area contributed by atoms with Crippen molar-refractivity contribution >= 4 is 12.6 Å². The minimum Gasteiger partial charge on any atom is -0.400 e. The van der Waals surface area contributed by atoms with Crippen LogP contribution < -0.4 is 0 Å². The zero-order valence-corrected chi connectivity index (χ0v) is 14.7. The van der Waals surface area contributed by atoms with Crippen molar-refractivity contribution < 1.29 is 14.0 Å². The van der Waals surface area contributed by atoms with Crippen LogP contribution in [0.1, 0.15) is 45.8 Å². The van der Waals surface area contributed by atoms with E-state index in [1.807, 2.05) is 29.0 Å². The van der Waals surface area contributed by atoms with Gasteiger partial charge in [0, 0.05) is 11.8 Å². The third-order valence-electron chi connectivity index (χ3n) is 5.37. The average molecular weight is 326 g/mol. The maximum atomic E-state index is 6.19. The third kappa shape index (κ3) is 2.49. The van der Waals surface area contributed by atoms with Gasteiger partial charge < -0.3 is 14.0 Å². The molecule has 1 saturated heterocycles. The highest BCUT2D eigenvalue weighted by Gasteiger charge is 2.52. The number of hydrogen-bond acceptors (Lipinski definition) is 4. The fourth-order valence-electron chi connectivity index (χ4n) is 3.17. The summed E-state index contributed by atoms with van der Waals surface area (Å²) in [6, 6.07) is 6.04. The van der Waals surface area contributed by atoms with Crippen LogP contribution in [0.25, 0.3) is 5.52 Å². The van der Waals surface area contributed by atoms with Crippen LogP contribution in [0.2, 0.25) is 0 Å². The van der Waals surface area contributed by atoms with Crippen molar-refractivity contribution in [1.29, 1.82) is 0 Å². The van der Waals surface area contributed by atoms with E-state index in [1.54, 1.807) is 0 Å². The van der Waals surface area contributed by atoms with Crippen molar-refractivity contribution in [3.05, 3.63) is 47.7 Å². The average Bonchev–Trinajstić information content (AvgIpc) is 3.06. The van der Waals surface area contributed by atoms with Crippen molar-refractivity contribution in [1.82, 2.24) is 9.61 Å². The van der Waals surface area contributed by atoms with Gasteiger partial charge in [0.05, 0.1) is 29.5 Å². The van der Waals surface area contributed by atoms with E-state index in [-0.39, 0.29) is 24.4 Å². The summed E-state index contributed by atoms with van der Waals surface area (Å²) in [5.41, 5.74) is 2.64. The Balaban J connectivity index is 1.64. The second-order valence-corrected chi connectivity index (χ2v) is 7.50. The van der Waals surface area contributed by atoms with E-state index in [1.165, 1.54) is 0 Å². The maximum Gasteiger partial charge on any atom is 0.490 e. The molecule has 6 heteroatoms. The number of pyridine rings is 1. The molecule has 4 heterocycles. The number of hydrogen-bond donors (Lipinski definition) is 0. The van der Waals surface area contributed by atoms with E-state index in [0.717, 1.165) is 23.0 Å². The predicted molar refractivity (Wildman–Crippen MR) is 92.7 cm³/mol. The third-order valence-corrected chi connectivity index (χ3v) is 5.37. The Labute approximate surface area is 142 Å². The Bertz CT molecular complexity index is 780. The summed E-state index contributed by atoms with van der Waals surface area (Å²) >= 11 is 0. The summed E-state index contributed by atoms with van der Waals surface area (Å²) in [6.45, 7) is 8.97. The molecule has 0 spiro atoms. The molecule has 0 aliphatic carbocycles. The Morgan fingerprint density at radius 1 is 1.17 bits per heavy atom. The summed E-state index contributed by atoms with van der Waals surface area (Å²) in [7, 11) is -0.303. The molecule has 5 nitrogen and oxygen atoms in total. The number of aromatic nitrogens is 2. The van der Waals surface area contributed by atoms with Crippen LogP contribution in [0, 0.1) is 0 Å². The smallest absolute Gasteiger partial charge is 0.400 e. The first-order valence-corrected chi connectivity index (χ1v) is 8.47. The van der Waals surface area contributed by atoms with Gasteiger partial charge in [-0.25, -0.2) is 4.52 Å². The lowest BCUT2D eigenvalue weighted by Crippen LogP contribution is -2.41. The summed E-state index contributed by atoms with van der Waals surface area (Å²) in [6.07, 6.45) is 6.67. The largest absolute Gasteiger partial charge is 0.490 e. The van der Waals surface area contributed by atoms with Gasteiger partial charge in [-0.15, -0.1) is 0 Å². The highest BCUT2D eigenvalue weighted by atomic mass is 16.7. The molecule has 1 unspecified atom stereocenters. The summed E-state index contributed by atoms with van der Waals surface area (Å²) in [5, 5.41) is 4.41. The molecule has 2 aliphatic heterocycles. The van der Waals surface area contributed by atoms with E-state index in [2.05, 4.69) is 44.9 Å². The van der Waals surface area contributed by atoms with Crippen LogP contribution in [0.3, 0.4) is 0 Å². The topological polar surface area (TPSA) is 45.0 Å². The van der Waals surface area contributed by atoms with Gasteiger partial charge in [-0.1, -0.05) is 12.1 Å². The summed E-state index contributed by atoms with van der Waals surface area (Å²) < 4.78 is 20.2. The number of fused-ring (bicyclic) bond motifs is 1. The first-order valence-electron chi connectivity index (χ1n) is 8.47. The molecular formula is C18H23BN2O3. The Morgan fingerprint density at radius 2 is 1.92 bits per heavy atom. The molecule has 2 aliphatic rings. The summed E-state index contributed by atoms with van der Waals surface area (Å²) in [4.78, 5) is 0. The van der Waals surface area contributed by atoms with Gasteiger partial charge in [-0.3, -0.25) is 0 Å². The van der Waals surface area contributed by atoms with Crippen molar-refractivity contribution in [3.8, 4) is 0 Å². The molecule has 0 N–H and O–H groups in total. The van der Waals surface area contributed by atoms with Crippen molar-refractivity contribution in [2.75, 3.05) is 6.61 Å². The van der Waals surface area contributed by atoms with Crippen LogP contribution >= 0.6 is 0 Å². The second kappa shape index (κ2) is 5.44. The van der Waals surface area contributed by atoms with Crippen molar-refractivity contribution in [2.45, 2.75) is 51.4 Å². The highest BCUT2D eigenvalue weighted by molar-refractivity contribution is 6.54. The van der Waals surface area contributed by atoms with Crippen LogP contribution in [0.4, 0.5) is 0 Å². The quantitative estimate of drug-likeness (QED) is 0.794. The SMILES string of the molecule is CC1(C)OB(C2=CC(c3cnn4ccccc34)OCC2)OC1(C)C. The molecule has 0 aromatic carbocycles. The van der Waals surface area contributed by atoms with Gasteiger partial charge >= 0.3 is 7.12 Å². The number of rotatable bonds is 2. The molecular weight excluding hydrogens is 303 g/mol. The molecule has 1 fully saturated rings. The van der Waals surface area contributed by atoms with Crippen molar-refractivity contribution in [3.63, 3.8) is 0 Å². The predicted octanol–water partition coefficient (Wildman–Crippen LogP) is 3.35. The molecule has 0 amide bonds. The maximum absolute atomic E-state index is 6.19. The normalized spacial score (nSPS) is 25.9. The van der Waals surface area contributed by atoms with Gasteiger partial charge in [-0.05, 0) is 51.7 Å². The molecule has 0 bridgehead atoms. The zero-order chi connectivity index (χ0) is 16.9. The van der Waals surface area contributed by atoms with E-state index < -0.39 is 0 Å². The number of ether oxygens (including phenoxy) is 1. The van der Waals surface area contributed by atoms with E-state index in [4.69, 9.17) is 14.0 Å². The van der Waals surface area contributed by atoms with Crippen LogP contribution in [0.5, 0.6) is 0 Å². The molecule has 4 rings (SSSR count). The number of nitrogens with zero attached hydrogens (tertiary/aromatic N) is 2. The summed E-state index contributed by atoms with van der Waals surface area (Å²) in [5.74, 6) is 0. The monoisotopic (exact) mass is 326 g/mol. The lowest BCUT2D eigenvalue weighted by atomic mass is 9.74.